The number of hydrogen-bond donors (Lipinski definition) is 1. The molecule has 7 heteroatoms. The second kappa shape index (κ2) is 6.26. The van der Waals surface area contributed by atoms with Gasteiger partial charge in [0.05, 0.1) is 26.8 Å². The predicted molar refractivity (Wildman–Crippen MR) is 95.2 cm³/mol. The molecule has 122 valence electrons. The molecule has 1 heterocycles. The first-order valence-electron chi connectivity index (χ1n) is 7.14. The summed E-state index contributed by atoms with van der Waals surface area (Å²) in [5.41, 5.74) is 1.84. The van der Waals surface area contributed by atoms with Crippen LogP contribution in [0.3, 0.4) is 0 Å². The number of carbonyl (C=O) groups excluding carboxylic acids is 2. The molecule has 5 nitrogen and oxygen atoms in total. The highest BCUT2D eigenvalue weighted by Crippen LogP contribution is 2.28. The standard InChI is InChI=1S/C17H13Cl2N3O2/c1-9-20-16-13(7-4-8-14(16)22(9)10(2)23)21-17(24)15-11(18)5-3-6-12(15)19/h3-8H,1-2H3,(H,21,24). The molecule has 0 saturated heterocycles. The number of imidazole rings is 1. The Hall–Kier alpha value is -2.37. The zero-order valence-electron chi connectivity index (χ0n) is 12.9. The fourth-order valence-corrected chi connectivity index (χ4v) is 3.18. The van der Waals surface area contributed by atoms with Gasteiger partial charge in [-0.1, -0.05) is 35.3 Å². The van der Waals surface area contributed by atoms with E-state index >= 15 is 0 Å². The molecule has 0 aliphatic heterocycles. The van der Waals surface area contributed by atoms with Gasteiger partial charge in [0, 0.05) is 6.92 Å². The molecule has 0 unspecified atom stereocenters. The lowest BCUT2D eigenvalue weighted by Crippen LogP contribution is -2.13. The molecule has 2 aromatic carbocycles. The SMILES string of the molecule is CC(=O)n1c(C)nc2c(NC(=O)c3c(Cl)cccc3Cl)cccc21. The Balaban J connectivity index is 2.07. The van der Waals surface area contributed by atoms with Crippen molar-refractivity contribution in [2.75, 3.05) is 5.32 Å². The maximum atomic E-state index is 12.5. The van der Waals surface area contributed by atoms with Crippen molar-refractivity contribution in [1.29, 1.82) is 0 Å². The number of aromatic nitrogens is 2. The summed E-state index contributed by atoms with van der Waals surface area (Å²) in [5, 5.41) is 3.29. The van der Waals surface area contributed by atoms with Crippen molar-refractivity contribution in [3.05, 3.63) is 57.8 Å². The Labute approximate surface area is 148 Å². The number of hydrogen-bond acceptors (Lipinski definition) is 3. The van der Waals surface area contributed by atoms with Gasteiger partial charge in [-0.3, -0.25) is 14.2 Å². The molecule has 0 aliphatic carbocycles. The van der Waals surface area contributed by atoms with E-state index < -0.39 is 5.91 Å². The van der Waals surface area contributed by atoms with E-state index in [0.29, 0.717) is 22.5 Å². The molecule has 1 amide bonds. The fourth-order valence-electron chi connectivity index (χ4n) is 2.61. The van der Waals surface area contributed by atoms with Gasteiger partial charge in [0.15, 0.2) is 0 Å². The number of anilines is 1. The van der Waals surface area contributed by atoms with Gasteiger partial charge in [0.1, 0.15) is 11.3 Å². The van der Waals surface area contributed by atoms with E-state index in [-0.39, 0.29) is 21.5 Å². The normalized spacial score (nSPS) is 10.8. The molecule has 0 atom stereocenters. The van der Waals surface area contributed by atoms with Crippen molar-refractivity contribution in [2.45, 2.75) is 13.8 Å². The summed E-state index contributed by atoms with van der Waals surface area (Å²) < 4.78 is 1.49. The van der Waals surface area contributed by atoms with Crippen LogP contribution in [0.1, 0.15) is 27.9 Å². The van der Waals surface area contributed by atoms with Crippen LogP contribution >= 0.6 is 23.2 Å². The summed E-state index contributed by atoms with van der Waals surface area (Å²) in [7, 11) is 0. The van der Waals surface area contributed by atoms with Crippen molar-refractivity contribution >= 4 is 51.7 Å². The first-order valence-corrected chi connectivity index (χ1v) is 7.90. The van der Waals surface area contributed by atoms with Gasteiger partial charge in [-0.05, 0) is 31.2 Å². The molecule has 0 spiro atoms. The fraction of sp³-hybridized carbons (Fsp3) is 0.118. The molecule has 3 aromatic rings. The Morgan fingerprint density at radius 2 is 1.71 bits per heavy atom. The minimum Gasteiger partial charge on any atom is -0.320 e. The van der Waals surface area contributed by atoms with E-state index in [4.69, 9.17) is 23.2 Å². The van der Waals surface area contributed by atoms with Crippen LogP contribution in [0.4, 0.5) is 5.69 Å². The average molecular weight is 362 g/mol. The summed E-state index contributed by atoms with van der Waals surface area (Å²) in [6, 6.07) is 10.1. The number of para-hydroxylation sites is 1. The van der Waals surface area contributed by atoms with E-state index in [2.05, 4.69) is 10.3 Å². The minimum atomic E-state index is -0.437. The Morgan fingerprint density at radius 1 is 1.08 bits per heavy atom. The van der Waals surface area contributed by atoms with E-state index in [1.54, 1.807) is 43.3 Å². The number of nitrogens with zero attached hydrogens (tertiary/aromatic N) is 2. The highest BCUT2D eigenvalue weighted by atomic mass is 35.5. The largest absolute Gasteiger partial charge is 0.320 e. The van der Waals surface area contributed by atoms with Gasteiger partial charge in [-0.2, -0.15) is 0 Å². The average Bonchev–Trinajstić information content (AvgIpc) is 2.84. The third-order valence-electron chi connectivity index (χ3n) is 3.61. The first kappa shape index (κ1) is 16.5. The van der Waals surface area contributed by atoms with Gasteiger partial charge in [-0.15, -0.1) is 0 Å². The zero-order valence-corrected chi connectivity index (χ0v) is 14.4. The summed E-state index contributed by atoms with van der Waals surface area (Å²) in [6.07, 6.45) is 0. The molecular weight excluding hydrogens is 349 g/mol. The molecule has 0 bridgehead atoms. The Bertz CT molecular complexity index is 959. The van der Waals surface area contributed by atoms with Crippen LogP contribution in [0.15, 0.2) is 36.4 Å². The lowest BCUT2D eigenvalue weighted by molar-refractivity contribution is 0.0938. The second-order valence-electron chi connectivity index (χ2n) is 5.24. The predicted octanol–water partition coefficient (Wildman–Crippen LogP) is 4.56. The first-order chi connectivity index (χ1) is 11.4. The van der Waals surface area contributed by atoms with Gasteiger partial charge in [-0.25, -0.2) is 4.98 Å². The van der Waals surface area contributed by atoms with Crippen molar-refractivity contribution < 1.29 is 9.59 Å². The molecule has 3 rings (SSSR count). The second-order valence-corrected chi connectivity index (χ2v) is 6.05. The highest BCUT2D eigenvalue weighted by Gasteiger charge is 2.18. The number of halogens is 2. The van der Waals surface area contributed by atoms with Crippen LogP contribution in [-0.2, 0) is 0 Å². The molecule has 0 fully saturated rings. The highest BCUT2D eigenvalue weighted by molar-refractivity contribution is 6.40. The summed E-state index contributed by atoms with van der Waals surface area (Å²) in [5.74, 6) is -0.0317. The lowest BCUT2D eigenvalue weighted by Gasteiger charge is -2.09. The van der Waals surface area contributed by atoms with Crippen LogP contribution in [0.2, 0.25) is 10.0 Å². The molecule has 0 radical (unpaired) electrons. The van der Waals surface area contributed by atoms with Crippen LogP contribution in [0.5, 0.6) is 0 Å². The minimum absolute atomic E-state index is 0.146. The summed E-state index contributed by atoms with van der Waals surface area (Å²) in [4.78, 5) is 28.7. The van der Waals surface area contributed by atoms with Gasteiger partial charge in [0.25, 0.3) is 5.91 Å². The monoisotopic (exact) mass is 361 g/mol. The molecule has 1 aromatic heterocycles. The summed E-state index contributed by atoms with van der Waals surface area (Å²) in [6.45, 7) is 3.20. The smallest absolute Gasteiger partial charge is 0.258 e. The molecule has 0 aliphatic rings. The van der Waals surface area contributed by atoms with Gasteiger partial charge in [0.2, 0.25) is 5.91 Å². The van der Waals surface area contributed by atoms with Gasteiger partial charge < -0.3 is 5.32 Å². The third kappa shape index (κ3) is 2.77. The third-order valence-corrected chi connectivity index (χ3v) is 4.24. The molecule has 24 heavy (non-hydrogen) atoms. The van der Waals surface area contributed by atoms with Crippen molar-refractivity contribution in [3.63, 3.8) is 0 Å². The number of nitrogens with one attached hydrogen (secondary N) is 1. The zero-order chi connectivity index (χ0) is 17.4. The number of amides is 1. The van der Waals surface area contributed by atoms with Crippen LogP contribution < -0.4 is 5.32 Å². The number of fused-ring (bicyclic) bond motifs is 1. The number of carbonyl (C=O) groups is 2. The molecule has 1 N–H and O–H groups in total. The Morgan fingerprint density at radius 3 is 2.33 bits per heavy atom. The topological polar surface area (TPSA) is 64.0 Å². The number of benzene rings is 2. The van der Waals surface area contributed by atoms with E-state index in [0.717, 1.165) is 0 Å². The van der Waals surface area contributed by atoms with E-state index in [1.807, 2.05) is 0 Å². The van der Waals surface area contributed by atoms with Gasteiger partial charge >= 0.3 is 0 Å². The number of aryl methyl sites for hydroxylation is 1. The van der Waals surface area contributed by atoms with Crippen molar-refractivity contribution in [1.82, 2.24) is 9.55 Å². The molecule has 0 saturated carbocycles. The van der Waals surface area contributed by atoms with E-state index in [1.165, 1.54) is 11.5 Å². The van der Waals surface area contributed by atoms with Crippen LogP contribution in [-0.4, -0.2) is 21.4 Å². The maximum Gasteiger partial charge on any atom is 0.258 e. The van der Waals surface area contributed by atoms with Crippen molar-refractivity contribution in [3.8, 4) is 0 Å². The molecular formula is C17H13Cl2N3O2. The summed E-state index contributed by atoms with van der Waals surface area (Å²) >= 11 is 12.1. The Kier molecular flexibility index (Phi) is 4.30. The number of rotatable bonds is 2. The quantitative estimate of drug-likeness (QED) is 0.727. The van der Waals surface area contributed by atoms with Crippen LogP contribution in [0, 0.1) is 6.92 Å². The van der Waals surface area contributed by atoms with E-state index in [9.17, 15) is 9.59 Å². The van der Waals surface area contributed by atoms with Crippen LogP contribution in [0.25, 0.3) is 11.0 Å². The lowest BCUT2D eigenvalue weighted by atomic mass is 10.2. The maximum absolute atomic E-state index is 12.5. The van der Waals surface area contributed by atoms with Crippen molar-refractivity contribution in [2.24, 2.45) is 0 Å².